The first-order chi connectivity index (χ1) is 16.4. The van der Waals surface area contributed by atoms with Gasteiger partial charge in [-0.15, -0.1) is 10.2 Å². The van der Waals surface area contributed by atoms with Crippen LogP contribution in [0.5, 0.6) is 0 Å². The van der Waals surface area contributed by atoms with Crippen molar-refractivity contribution in [3.05, 3.63) is 79.4 Å². The Balaban J connectivity index is 2.17. The maximum Gasteiger partial charge on any atom is 0.419 e. The summed E-state index contributed by atoms with van der Waals surface area (Å²) in [7, 11) is 0. The Morgan fingerprint density at radius 2 is 1.71 bits per heavy atom. The maximum atomic E-state index is 13.6. The molecule has 0 aliphatic rings. The molecule has 15 heteroatoms. The Hall–Kier alpha value is -5.13. The number of para-hydroxylation sites is 1. The average Bonchev–Trinajstić information content (AvgIpc) is 2.78. The molecule has 0 bridgehead atoms. The van der Waals surface area contributed by atoms with E-state index in [1.807, 2.05) is 6.07 Å². The Morgan fingerprint density at radius 3 is 2.26 bits per heavy atom. The van der Waals surface area contributed by atoms with Crippen LogP contribution >= 0.6 is 0 Å². The highest BCUT2D eigenvalue weighted by molar-refractivity contribution is 5.76. The van der Waals surface area contributed by atoms with Gasteiger partial charge in [-0.2, -0.15) is 18.4 Å². The largest absolute Gasteiger partial charge is 0.419 e. The number of pyridine rings is 1. The Morgan fingerprint density at radius 1 is 1.09 bits per heavy atom. The van der Waals surface area contributed by atoms with E-state index in [0.717, 1.165) is 0 Å². The quantitative estimate of drug-likeness (QED) is 0.247. The molecule has 0 saturated heterocycles. The molecule has 12 nitrogen and oxygen atoms in total. The van der Waals surface area contributed by atoms with E-state index in [1.54, 1.807) is 30.3 Å². The van der Waals surface area contributed by atoms with Crippen LogP contribution in [0, 0.1) is 38.5 Å². The molecule has 0 spiro atoms. The molecule has 0 radical (unpaired) electrons. The molecule has 178 valence electrons. The van der Waals surface area contributed by atoms with E-state index in [-0.39, 0.29) is 34.5 Å². The van der Waals surface area contributed by atoms with Gasteiger partial charge in [-0.3, -0.25) is 20.2 Å². The number of nitrogens with two attached hydrogens (primary N) is 1. The standard InChI is InChI=1S/C20H13F3N8O4/c1-10-13(9-24)19(26-11-5-3-2-4-6-11)27-18(25)16(10)28-29-17-14(20(21,22)23)7-12(30(32)33)8-15(17)31(34)35/h2-8H,1H3,(H3,25,26,27)/b29-28+. The zero-order valence-electron chi connectivity index (χ0n) is 17.6. The molecule has 0 fully saturated rings. The number of non-ortho nitro benzene ring substituents is 1. The number of azo groups is 1. The zero-order valence-corrected chi connectivity index (χ0v) is 17.6. The van der Waals surface area contributed by atoms with Crippen molar-refractivity contribution in [3.63, 3.8) is 0 Å². The predicted octanol–water partition coefficient (Wildman–Crippen LogP) is 5.84. The molecule has 0 unspecified atom stereocenters. The molecule has 35 heavy (non-hydrogen) atoms. The Bertz CT molecular complexity index is 1400. The summed E-state index contributed by atoms with van der Waals surface area (Å²) in [6.45, 7) is 1.38. The normalized spacial score (nSPS) is 11.3. The van der Waals surface area contributed by atoms with E-state index in [2.05, 4.69) is 20.5 Å². The van der Waals surface area contributed by atoms with Crippen LogP contribution in [0.3, 0.4) is 0 Å². The number of rotatable bonds is 6. The van der Waals surface area contributed by atoms with Crippen LogP contribution < -0.4 is 11.1 Å². The van der Waals surface area contributed by atoms with E-state index >= 15 is 0 Å². The topological polar surface area (TPSA) is 186 Å². The number of nitriles is 1. The zero-order chi connectivity index (χ0) is 25.9. The van der Waals surface area contributed by atoms with Crippen LogP contribution in [-0.2, 0) is 6.18 Å². The lowest BCUT2D eigenvalue weighted by Gasteiger charge is -2.13. The van der Waals surface area contributed by atoms with Crippen molar-refractivity contribution in [2.75, 3.05) is 11.1 Å². The molecule has 0 atom stereocenters. The monoisotopic (exact) mass is 486 g/mol. The number of aromatic nitrogens is 1. The number of hydrogen-bond acceptors (Lipinski definition) is 10. The smallest absolute Gasteiger partial charge is 0.382 e. The van der Waals surface area contributed by atoms with Crippen LogP contribution in [-0.4, -0.2) is 14.8 Å². The first-order valence-electron chi connectivity index (χ1n) is 9.42. The Labute approximate surface area is 193 Å². The van der Waals surface area contributed by atoms with E-state index in [4.69, 9.17) is 5.73 Å². The fourth-order valence-electron chi connectivity index (χ4n) is 3.00. The first kappa shape index (κ1) is 24.5. The van der Waals surface area contributed by atoms with Crippen molar-refractivity contribution in [2.24, 2.45) is 10.2 Å². The second-order valence-electron chi connectivity index (χ2n) is 6.87. The van der Waals surface area contributed by atoms with Gasteiger partial charge in [0.2, 0.25) is 0 Å². The number of hydrogen-bond donors (Lipinski definition) is 2. The van der Waals surface area contributed by atoms with E-state index < -0.39 is 38.6 Å². The van der Waals surface area contributed by atoms with Gasteiger partial charge in [-0.25, -0.2) is 4.98 Å². The minimum Gasteiger partial charge on any atom is -0.382 e. The summed E-state index contributed by atoms with van der Waals surface area (Å²) in [6, 6.07) is 10.9. The minimum atomic E-state index is -5.23. The molecule has 0 amide bonds. The summed E-state index contributed by atoms with van der Waals surface area (Å²) >= 11 is 0. The third kappa shape index (κ3) is 5.11. The summed E-state index contributed by atoms with van der Waals surface area (Å²) in [5, 5.41) is 41.8. The number of benzene rings is 2. The first-order valence-corrected chi connectivity index (χ1v) is 9.42. The molecule has 0 aliphatic heterocycles. The lowest BCUT2D eigenvalue weighted by Crippen LogP contribution is -2.08. The second-order valence-corrected chi connectivity index (χ2v) is 6.87. The maximum absolute atomic E-state index is 13.6. The molecule has 3 N–H and O–H groups in total. The van der Waals surface area contributed by atoms with Crippen molar-refractivity contribution in [1.29, 1.82) is 5.26 Å². The molecule has 3 rings (SSSR count). The van der Waals surface area contributed by atoms with Crippen molar-refractivity contribution in [1.82, 2.24) is 4.98 Å². The van der Waals surface area contributed by atoms with Crippen molar-refractivity contribution < 1.29 is 23.0 Å². The highest BCUT2D eigenvalue weighted by Gasteiger charge is 2.40. The summed E-state index contributed by atoms with van der Waals surface area (Å²) in [6.07, 6.45) is -5.23. The van der Waals surface area contributed by atoms with Gasteiger partial charge in [0.1, 0.15) is 11.8 Å². The van der Waals surface area contributed by atoms with Gasteiger partial charge < -0.3 is 11.1 Å². The van der Waals surface area contributed by atoms with Crippen LogP contribution in [0.15, 0.2) is 52.7 Å². The lowest BCUT2D eigenvalue weighted by molar-refractivity contribution is -0.394. The minimum absolute atomic E-state index is 0.0462. The van der Waals surface area contributed by atoms with Crippen LogP contribution in [0.4, 0.5) is 53.2 Å². The third-order valence-electron chi connectivity index (χ3n) is 4.63. The molecule has 0 saturated carbocycles. The van der Waals surface area contributed by atoms with Gasteiger partial charge in [0, 0.05) is 17.3 Å². The van der Waals surface area contributed by atoms with Gasteiger partial charge >= 0.3 is 11.9 Å². The summed E-state index contributed by atoms with van der Waals surface area (Å²) < 4.78 is 40.7. The molecular weight excluding hydrogens is 473 g/mol. The van der Waals surface area contributed by atoms with Crippen molar-refractivity contribution >= 4 is 40.1 Å². The van der Waals surface area contributed by atoms with E-state index in [1.165, 1.54) is 6.92 Å². The van der Waals surface area contributed by atoms with Crippen molar-refractivity contribution in [2.45, 2.75) is 13.1 Å². The molecule has 3 aromatic rings. The molecule has 0 aliphatic carbocycles. The van der Waals surface area contributed by atoms with Crippen LogP contribution in [0.1, 0.15) is 16.7 Å². The fourth-order valence-corrected chi connectivity index (χ4v) is 3.00. The second kappa shape index (κ2) is 9.39. The SMILES string of the molecule is Cc1c(C#N)c(Nc2ccccc2)nc(N)c1/N=N/c1c([N+](=O)[O-])cc([N+](=O)[O-])cc1C(F)(F)F. The van der Waals surface area contributed by atoms with Crippen molar-refractivity contribution in [3.8, 4) is 6.07 Å². The predicted molar refractivity (Wildman–Crippen MR) is 117 cm³/mol. The number of halogens is 3. The Kier molecular flexibility index (Phi) is 6.58. The number of nitrogens with zero attached hydrogens (tertiary/aromatic N) is 6. The lowest BCUT2D eigenvalue weighted by atomic mass is 10.1. The number of anilines is 3. The molecule has 1 heterocycles. The van der Waals surface area contributed by atoms with Gasteiger partial charge in [0.25, 0.3) is 5.69 Å². The van der Waals surface area contributed by atoms with Gasteiger partial charge in [0.05, 0.1) is 27.0 Å². The van der Waals surface area contributed by atoms with Crippen LogP contribution in [0.2, 0.25) is 0 Å². The number of alkyl halides is 3. The number of nitrogen functional groups attached to an aromatic ring is 1. The summed E-state index contributed by atoms with van der Waals surface area (Å²) in [5.74, 6) is -0.285. The van der Waals surface area contributed by atoms with Crippen LogP contribution in [0.25, 0.3) is 0 Å². The van der Waals surface area contributed by atoms with Gasteiger partial charge in [-0.1, -0.05) is 18.2 Å². The van der Waals surface area contributed by atoms with Gasteiger partial charge in [-0.05, 0) is 19.1 Å². The number of nitro benzene ring substituents is 2. The molecule has 2 aromatic carbocycles. The summed E-state index contributed by atoms with van der Waals surface area (Å²) in [5.41, 5.74) is 0.742. The number of nitro groups is 2. The molecular formula is C20H13F3N8O4. The highest BCUT2D eigenvalue weighted by Crippen LogP contribution is 2.45. The third-order valence-corrected chi connectivity index (χ3v) is 4.63. The summed E-state index contributed by atoms with van der Waals surface area (Å²) in [4.78, 5) is 23.9. The average molecular weight is 486 g/mol. The highest BCUT2D eigenvalue weighted by atomic mass is 19.4. The number of nitrogens with one attached hydrogen (secondary N) is 1. The van der Waals surface area contributed by atoms with Gasteiger partial charge in [0.15, 0.2) is 17.3 Å². The molecule has 1 aromatic heterocycles. The van der Waals surface area contributed by atoms with E-state index in [0.29, 0.717) is 11.8 Å². The fraction of sp³-hybridized carbons (Fsp3) is 0.100. The van der Waals surface area contributed by atoms with E-state index in [9.17, 15) is 38.7 Å².